The van der Waals surface area contributed by atoms with E-state index in [4.69, 9.17) is 9.47 Å². The van der Waals surface area contributed by atoms with E-state index in [0.717, 1.165) is 25.7 Å². The van der Waals surface area contributed by atoms with Gasteiger partial charge < -0.3 is 19.7 Å². The second-order valence-corrected chi connectivity index (χ2v) is 10.7. The highest BCUT2D eigenvalue weighted by molar-refractivity contribution is 7.89. The van der Waals surface area contributed by atoms with Gasteiger partial charge in [-0.1, -0.05) is 25.0 Å². The van der Waals surface area contributed by atoms with E-state index in [2.05, 4.69) is 5.32 Å². The fourth-order valence-corrected chi connectivity index (χ4v) is 6.12. The summed E-state index contributed by atoms with van der Waals surface area (Å²) in [4.78, 5) is 27.5. The maximum atomic E-state index is 13.2. The molecule has 1 unspecified atom stereocenters. The average molecular weight is 502 g/mol. The summed E-state index contributed by atoms with van der Waals surface area (Å²) in [5, 5.41) is 2.80. The Hall–Kier alpha value is -3.11. The van der Waals surface area contributed by atoms with Crippen molar-refractivity contribution >= 4 is 33.2 Å². The van der Waals surface area contributed by atoms with E-state index in [-0.39, 0.29) is 35.4 Å². The highest BCUT2D eigenvalue weighted by atomic mass is 32.2. The van der Waals surface area contributed by atoms with Crippen LogP contribution in [0, 0.1) is 5.92 Å². The Morgan fingerprint density at radius 3 is 2.34 bits per heavy atom. The zero-order chi connectivity index (χ0) is 25.0. The van der Waals surface area contributed by atoms with Gasteiger partial charge in [-0.2, -0.15) is 4.31 Å². The lowest BCUT2D eigenvalue weighted by atomic mass is 10.1. The molecule has 35 heavy (non-hydrogen) atoms. The second kappa shape index (κ2) is 10.7. The van der Waals surface area contributed by atoms with Crippen LogP contribution in [0.25, 0.3) is 0 Å². The molecule has 2 heterocycles. The molecule has 10 heteroatoms. The molecule has 0 aromatic heterocycles. The summed E-state index contributed by atoms with van der Waals surface area (Å²) < 4.78 is 38.7. The number of ether oxygens (including phenoxy) is 2. The van der Waals surface area contributed by atoms with Crippen LogP contribution in [0.2, 0.25) is 0 Å². The average Bonchev–Trinajstić information content (AvgIpc) is 3.06. The molecule has 0 aliphatic carbocycles. The molecule has 1 N–H and O–H groups in total. The molecule has 2 aromatic carbocycles. The van der Waals surface area contributed by atoms with Crippen LogP contribution < -0.4 is 19.7 Å². The highest BCUT2D eigenvalue weighted by Crippen LogP contribution is 2.34. The summed E-state index contributed by atoms with van der Waals surface area (Å²) in [6, 6.07) is 11.6. The molecular formula is C25H31N3O6S. The Bertz CT molecular complexity index is 1190. The van der Waals surface area contributed by atoms with Gasteiger partial charge in [-0.05, 0) is 43.2 Å². The van der Waals surface area contributed by atoms with Crippen molar-refractivity contribution in [3.8, 4) is 11.5 Å². The summed E-state index contributed by atoms with van der Waals surface area (Å²) in [6.07, 6.45) is 3.73. The normalized spacial score (nSPS) is 19.3. The van der Waals surface area contributed by atoms with Crippen LogP contribution in [0.4, 0.5) is 11.4 Å². The summed E-state index contributed by atoms with van der Waals surface area (Å²) in [7, 11) is -0.714. The number of hydrogen-bond acceptors (Lipinski definition) is 6. The summed E-state index contributed by atoms with van der Waals surface area (Å²) in [5.74, 6) is -0.269. The van der Waals surface area contributed by atoms with E-state index in [1.807, 2.05) is 6.07 Å². The third-order valence-electron chi connectivity index (χ3n) is 6.50. The predicted octanol–water partition coefficient (Wildman–Crippen LogP) is 3.26. The highest BCUT2D eigenvalue weighted by Gasteiger charge is 2.36. The number of anilines is 2. The molecule has 2 fully saturated rings. The lowest BCUT2D eigenvalue weighted by Gasteiger charge is -2.21. The Balaban J connectivity index is 1.53. The van der Waals surface area contributed by atoms with E-state index in [1.54, 1.807) is 29.2 Å². The van der Waals surface area contributed by atoms with E-state index in [9.17, 15) is 18.0 Å². The minimum absolute atomic E-state index is 0.0396. The maximum Gasteiger partial charge on any atom is 0.243 e. The lowest BCUT2D eigenvalue weighted by Crippen LogP contribution is -2.32. The SMILES string of the molecule is COc1ccc(S(=O)(=O)N2CCCCCC2)cc1NC(=O)C1CC(=O)N(c2ccccc2OC)C1. The first-order valence-electron chi connectivity index (χ1n) is 11.8. The van der Waals surface area contributed by atoms with Gasteiger partial charge in [0.05, 0.1) is 36.4 Å². The van der Waals surface area contributed by atoms with Crippen LogP contribution in [0.3, 0.4) is 0 Å². The summed E-state index contributed by atoms with van der Waals surface area (Å²) in [5.41, 5.74) is 0.870. The Kier molecular flexibility index (Phi) is 7.61. The van der Waals surface area contributed by atoms with Crippen molar-refractivity contribution in [1.82, 2.24) is 4.31 Å². The number of carbonyl (C=O) groups is 2. The summed E-state index contributed by atoms with van der Waals surface area (Å²) in [6.45, 7) is 1.16. The van der Waals surface area contributed by atoms with Crippen LogP contribution in [0.5, 0.6) is 11.5 Å². The minimum Gasteiger partial charge on any atom is -0.495 e. The molecule has 0 bridgehead atoms. The van der Waals surface area contributed by atoms with Gasteiger partial charge in [0.25, 0.3) is 0 Å². The molecular weight excluding hydrogens is 470 g/mol. The number of amides is 2. The van der Waals surface area contributed by atoms with Gasteiger partial charge >= 0.3 is 0 Å². The Morgan fingerprint density at radius 2 is 1.66 bits per heavy atom. The van der Waals surface area contributed by atoms with Crippen molar-refractivity contribution in [1.29, 1.82) is 0 Å². The molecule has 2 aromatic rings. The molecule has 0 saturated carbocycles. The first kappa shape index (κ1) is 25.0. The number of rotatable bonds is 7. The Morgan fingerprint density at radius 1 is 0.971 bits per heavy atom. The number of sulfonamides is 1. The second-order valence-electron chi connectivity index (χ2n) is 8.75. The monoisotopic (exact) mass is 501 g/mol. The van der Waals surface area contributed by atoms with Crippen LogP contribution in [-0.4, -0.2) is 58.4 Å². The van der Waals surface area contributed by atoms with Gasteiger partial charge in [-0.25, -0.2) is 8.42 Å². The topological polar surface area (TPSA) is 105 Å². The first-order chi connectivity index (χ1) is 16.8. The number of benzene rings is 2. The van der Waals surface area contributed by atoms with Gasteiger partial charge in [-0.3, -0.25) is 9.59 Å². The smallest absolute Gasteiger partial charge is 0.243 e. The number of methoxy groups -OCH3 is 2. The van der Waals surface area contributed by atoms with E-state index < -0.39 is 15.9 Å². The number of nitrogens with one attached hydrogen (secondary N) is 1. The molecule has 2 amide bonds. The third kappa shape index (κ3) is 5.28. The number of nitrogens with zero attached hydrogens (tertiary/aromatic N) is 2. The van der Waals surface area contributed by atoms with Crippen LogP contribution in [-0.2, 0) is 19.6 Å². The Labute approximate surface area is 206 Å². The van der Waals surface area contributed by atoms with Crippen LogP contribution >= 0.6 is 0 Å². The fraction of sp³-hybridized carbons (Fsp3) is 0.440. The van der Waals surface area contributed by atoms with Gasteiger partial charge in [0.15, 0.2) is 0 Å². The van der Waals surface area contributed by atoms with Gasteiger partial charge in [-0.15, -0.1) is 0 Å². The molecule has 0 spiro atoms. The van der Waals surface area contributed by atoms with Gasteiger partial charge in [0.2, 0.25) is 21.8 Å². The summed E-state index contributed by atoms with van der Waals surface area (Å²) >= 11 is 0. The van der Waals surface area contributed by atoms with Crippen molar-refractivity contribution in [2.45, 2.75) is 37.0 Å². The quantitative estimate of drug-likeness (QED) is 0.624. The van der Waals surface area contributed by atoms with Crippen molar-refractivity contribution in [2.75, 3.05) is 44.1 Å². The molecule has 1 atom stereocenters. The van der Waals surface area contributed by atoms with Crippen molar-refractivity contribution < 1.29 is 27.5 Å². The zero-order valence-electron chi connectivity index (χ0n) is 20.0. The predicted molar refractivity (Wildman–Crippen MR) is 132 cm³/mol. The third-order valence-corrected chi connectivity index (χ3v) is 8.40. The molecule has 0 radical (unpaired) electrons. The molecule has 188 valence electrons. The molecule has 2 aliphatic rings. The number of carbonyl (C=O) groups excluding carboxylic acids is 2. The largest absolute Gasteiger partial charge is 0.495 e. The van der Waals surface area contributed by atoms with Gasteiger partial charge in [0, 0.05) is 26.1 Å². The van der Waals surface area contributed by atoms with E-state index >= 15 is 0 Å². The van der Waals surface area contributed by atoms with Crippen molar-refractivity contribution in [3.63, 3.8) is 0 Å². The molecule has 9 nitrogen and oxygen atoms in total. The molecule has 2 aliphatic heterocycles. The van der Waals surface area contributed by atoms with Gasteiger partial charge in [0.1, 0.15) is 11.5 Å². The van der Waals surface area contributed by atoms with Crippen LogP contribution in [0.1, 0.15) is 32.1 Å². The minimum atomic E-state index is -3.70. The number of hydrogen-bond donors (Lipinski definition) is 1. The first-order valence-corrected chi connectivity index (χ1v) is 13.2. The van der Waals surface area contributed by atoms with Crippen molar-refractivity contribution in [2.24, 2.45) is 5.92 Å². The lowest BCUT2D eigenvalue weighted by molar-refractivity contribution is -0.122. The van der Waals surface area contributed by atoms with Crippen molar-refractivity contribution in [3.05, 3.63) is 42.5 Å². The fourth-order valence-electron chi connectivity index (χ4n) is 4.58. The van der Waals surface area contributed by atoms with Crippen LogP contribution in [0.15, 0.2) is 47.4 Å². The van der Waals surface area contributed by atoms with E-state index in [1.165, 1.54) is 30.7 Å². The molecule has 4 rings (SSSR count). The van der Waals surface area contributed by atoms with E-state index in [0.29, 0.717) is 30.3 Å². The maximum absolute atomic E-state index is 13.2. The standard InChI is InChI=1S/C25H31N3O6S/c1-33-22-12-11-19(35(31,32)27-13-7-3-4-8-14-27)16-20(22)26-25(30)18-15-24(29)28(17-18)21-9-5-6-10-23(21)34-2/h5-6,9-12,16,18H,3-4,7-8,13-15,17H2,1-2H3,(H,26,30). The number of para-hydroxylation sites is 2. The zero-order valence-corrected chi connectivity index (χ0v) is 20.8. The molecule has 2 saturated heterocycles.